The molecule has 1 saturated heterocycles. The molecule has 1 aromatic rings. The Morgan fingerprint density at radius 2 is 1.54 bits per heavy atom. The van der Waals surface area contributed by atoms with Gasteiger partial charge in [0.25, 0.3) is 26.1 Å². The molecule has 2 unspecified atom stereocenters. The third-order valence-electron chi connectivity index (χ3n) is 3.40. The highest BCUT2D eigenvalue weighted by molar-refractivity contribution is 7.86. The summed E-state index contributed by atoms with van der Waals surface area (Å²) in [6.45, 7) is 0.151. The molecule has 1 fully saturated rings. The van der Waals surface area contributed by atoms with Gasteiger partial charge in [0.05, 0.1) is 19.1 Å². The van der Waals surface area contributed by atoms with Gasteiger partial charge >= 0.3 is 0 Å². The van der Waals surface area contributed by atoms with Crippen molar-refractivity contribution in [1.29, 1.82) is 0 Å². The molecule has 0 radical (unpaired) electrons. The van der Waals surface area contributed by atoms with Crippen molar-refractivity contribution in [2.45, 2.75) is 18.6 Å². The molecule has 0 N–H and O–H groups in total. The lowest BCUT2D eigenvalue weighted by Crippen LogP contribution is -2.52. The average molecular weight is 377 g/mol. The Morgan fingerprint density at radius 3 is 2.08 bits per heavy atom. The number of amides is 1. The van der Waals surface area contributed by atoms with Crippen molar-refractivity contribution in [2.24, 2.45) is 0 Å². The van der Waals surface area contributed by atoms with E-state index >= 15 is 0 Å². The summed E-state index contributed by atoms with van der Waals surface area (Å²) in [5, 5.41) is 0. The van der Waals surface area contributed by atoms with Crippen LogP contribution in [0.4, 0.5) is 0 Å². The van der Waals surface area contributed by atoms with Crippen molar-refractivity contribution < 1.29 is 30.0 Å². The highest BCUT2D eigenvalue weighted by Crippen LogP contribution is 2.22. The lowest BCUT2D eigenvalue weighted by molar-refractivity contribution is -0.000576. The predicted octanol–water partition coefficient (Wildman–Crippen LogP) is 0.222. The van der Waals surface area contributed by atoms with Gasteiger partial charge in [-0.3, -0.25) is 13.2 Å². The number of hydrogen-bond donors (Lipinski definition) is 0. The zero-order valence-electron chi connectivity index (χ0n) is 13.3. The maximum Gasteiger partial charge on any atom is 0.264 e. The van der Waals surface area contributed by atoms with E-state index in [1.807, 2.05) is 0 Å². The van der Waals surface area contributed by atoms with Gasteiger partial charge in [-0.15, -0.1) is 0 Å². The summed E-state index contributed by atoms with van der Waals surface area (Å²) < 4.78 is 55.4. The summed E-state index contributed by atoms with van der Waals surface area (Å²) in [5.74, 6) is -0.282. The molecule has 1 heterocycles. The van der Waals surface area contributed by atoms with Crippen LogP contribution in [0.5, 0.6) is 0 Å². The molecule has 8 nitrogen and oxygen atoms in total. The number of hydrogen-bond acceptors (Lipinski definition) is 7. The minimum atomic E-state index is -3.84. The van der Waals surface area contributed by atoms with Crippen LogP contribution >= 0.6 is 0 Å². The number of benzene rings is 1. The Kier molecular flexibility index (Phi) is 5.63. The van der Waals surface area contributed by atoms with Gasteiger partial charge in [-0.25, -0.2) is 0 Å². The summed E-state index contributed by atoms with van der Waals surface area (Å²) >= 11 is 0. The van der Waals surface area contributed by atoms with E-state index in [9.17, 15) is 21.6 Å². The second kappa shape index (κ2) is 7.18. The minimum absolute atomic E-state index is 0.0824. The van der Waals surface area contributed by atoms with E-state index in [4.69, 9.17) is 8.37 Å². The molecule has 2 atom stereocenters. The molecule has 1 aromatic carbocycles. The first kappa shape index (κ1) is 18.8. The second-order valence-corrected chi connectivity index (χ2v) is 8.78. The predicted molar refractivity (Wildman–Crippen MR) is 86.4 cm³/mol. The maximum atomic E-state index is 12.5. The average Bonchev–Trinajstić information content (AvgIpc) is 2.46. The number of carbonyl (C=O) groups excluding carboxylic acids is 1. The summed E-state index contributed by atoms with van der Waals surface area (Å²) in [6.07, 6.45) is -0.161. The van der Waals surface area contributed by atoms with Crippen LogP contribution in [0.1, 0.15) is 16.8 Å². The fourth-order valence-electron chi connectivity index (χ4n) is 2.49. The Hall–Kier alpha value is -1.49. The maximum absolute atomic E-state index is 12.5. The molecule has 10 heteroatoms. The van der Waals surface area contributed by atoms with Crippen molar-refractivity contribution >= 4 is 26.1 Å². The van der Waals surface area contributed by atoms with Gasteiger partial charge in [-0.05, 0) is 18.6 Å². The normalized spacial score (nSPS) is 22.3. The van der Waals surface area contributed by atoms with E-state index < -0.39 is 32.4 Å². The monoisotopic (exact) mass is 377 g/mol. The smallest absolute Gasteiger partial charge is 0.264 e. The quantitative estimate of drug-likeness (QED) is 0.676. The lowest BCUT2D eigenvalue weighted by Gasteiger charge is -2.36. The first-order valence-corrected chi connectivity index (χ1v) is 10.8. The summed E-state index contributed by atoms with van der Waals surface area (Å²) in [4.78, 5) is 13.9. The Morgan fingerprint density at radius 1 is 1.00 bits per heavy atom. The standard InChI is InChI=1S/C14H19NO7S2/c1-23(17,18)21-12-8-9-15(10-13(12)22-24(2,19)20)14(16)11-6-4-3-5-7-11/h3-7,12-13H,8-10H2,1-2H3. The Balaban J connectivity index is 2.18. The van der Waals surface area contributed by atoms with Gasteiger partial charge in [-0.1, -0.05) is 18.2 Å². The molecule has 134 valence electrons. The van der Waals surface area contributed by atoms with Crippen molar-refractivity contribution in [3.8, 4) is 0 Å². The number of rotatable bonds is 5. The van der Waals surface area contributed by atoms with Crippen LogP contribution in [0.15, 0.2) is 30.3 Å². The summed E-state index contributed by atoms with van der Waals surface area (Å²) in [7, 11) is -7.62. The Bertz CT molecular complexity index is 790. The number of likely N-dealkylation sites (tertiary alicyclic amines) is 1. The van der Waals surface area contributed by atoms with Gasteiger partial charge in [-0.2, -0.15) is 16.8 Å². The van der Waals surface area contributed by atoms with E-state index in [-0.39, 0.29) is 25.4 Å². The molecule has 0 aromatic heterocycles. The highest BCUT2D eigenvalue weighted by atomic mass is 32.2. The topological polar surface area (TPSA) is 107 Å². The minimum Gasteiger partial charge on any atom is -0.336 e. The number of piperidine rings is 1. The fourth-order valence-corrected chi connectivity index (χ4v) is 3.80. The van der Waals surface area contributed by atoms with Gasteiger partial charge in [0.2, 0.25) is 0 Å². The molecular formula is C14H19NO7S2. The van der Waals surface area contributed by atoms with Crippen molar-refractivity contribution in [3.05, 3.63) is 35.9 Å². The van der Waals surface area contributed by atoms with Crippen LogP contribution in [-0.2, 0) is 28.6 Å². The van der Waals surface area contributed by atoms with E-state index in [0.717, 1.165) is 12.5 Å². The lowest BCUT2D eigenvalue weighted by atomic mass is 10.0. The van der Waals surface area contributed by atoms with Crippen LogP contribution in [0.25, 0.3) is 0 Å². The van der Waals surface area contributed by atoms with E-state index in [0.29, 0.717) is 5.56 Å². The second-order valence-electron chi connectivity index (χ2n) is 5.58. The largest absolute Gasteiger partial charge is 0.336 e. The fraction of sp³-hybridized carbons (Fsp3) is 0.500. The van der Waals surface area contributed by atoms with Crippen LogP contribution in [0.2, 0.25) is 0 Å². The van der Waals surface area contributed by atoms with Gasteiger partial charge in [0, 0.05) is 12.1 Å². The van der Waals surface area contributed by atoms with Crippen LogP contribution in [0, 0.1) is 0 Å². The van der Waals surface area contributed by atoms with Crippen LogP contribution < -0.4 is 0 Å². The summed E-state index contributed by atoms with van der Waals surface area (Å²) in [6, 6.07) is 8.51. The van der Waals surface area contributed by atoms with Crippen molar-refractivity contribution in [3.63, 3.8) is 0 Å². The van der Waals surface area contributed by atoms with Crippen LogP contribution in [0.3, 0.4) is 0 Å². The molecule has 24 heavy (non-hydrogen) atoms. The molecule has 0 saturated carbocycles. The van der Waals surface area contributed by atoms with Gasteiger partial charge in [0.15, 0.2) is 0 Å². The van der Waals surface area contributed by atoms with Gasteiger partial charge < -0.3 is 4.90 Å². The highest BCUT2D eigenvalue weighted by Gasteiger charge is 2.37. The van der Waals surface area contributed by atoms with Crippen LogP contribution in [-0.4, -0.2) is 65.5 Å². The molecule has 1 amide bonds. The number of carbonyl (C=O) groups is 1. The van der Waals surface area contributed by atoms with Crippen molar-refractivity contribution in [1.82, 2.24) is 4.90 Å². The first-order chi connectivity index (χ1) is 11.1. The van der Waals surface area contributed by atoms with E-state index in [2.05, 4.69) is 0 Å². The molecule has 1 aliphatic rings. The molecule has 0 spiro atoms. The van der Waals surface area contributed by atoms with E-state index in [1.165, 1.54) is 4.90 Å². The zero-order chi connectivity index (χ0) is 18.0. The summed E-state index contributed by atoms with van der Waals surface area (Å²) in [5.41, 5.74) is 0.457. The molecular weight excluding hydrogens is 358 g/mol. The molecule has 1 aliphatic heterocycles. The van der Waals surface area contributed by atoms with Gasteiger partial charge in [0.1, 0.15) is 12.2 Å². The molecule has 2 rings (SSSR count). The first-order valence-electron chi connectivity index (χ1n) is 7.16. The van der Waals surface area contributed by atoms with E-state index in [1.54, 1.807) is 30.3 Å². The Labute approximate surface area is 141 Å². The molecule has 0 bridgehead atoms. The number of nitrogens with zero attached hydrogens (tertiary/aromatic N) is 1. The third-order valence-corrected chi connectivity index (χ3v) is 4.60. The SMILES string of the molecule is CS(=O)(=O)OC1CCN(C(=O)c2ccccc2)CC1OS(C)(=O)=O. The zero-order valence-corrected chi connectivity index (χ0v) is 14.9. The molecule has 0 aliphatic carbocycles. The van der Waals surface area contributed by atoms with Crippen molar-refractivity contribution in [2.75, 3.05) is 25.6 Å². The third kappa shape index (κ3) is 5.55.